The van der Waals surface area contributed by atoms with E-state index in [2.05, 4.69) is 5.32 Å². The minimum Gasteiger partial charge on any atom is -0.324 e. The third kappa shape index (κ3) is 3.39. The molecule has 1 aliphatic rings. The molecule has 4 rings (SSSR count). The summed E-state index contributed by atoms with van der Waals surface area (Å²) in [6.07, 6.45) is 1.03. The smallest absolute Gasteiger partial charge is 0.243 e. The summed E-state index contributed by atoms with van der Waals surface area (Å²) in [7, 11) is -3.88. The molecule has 28 heavy (non-hydrogen) atoms. The van der Waals surface area contributed by atoms with Gasteiger partial charge in [0.1, 0.15) is 11.9 Å². The van der Waals surface area contributed by atoms with Crippen LogP contribution in [0.1, 0.15) is 12.8 Å². The maximum absolute atomic E-state index is 13.2. The van der Waals surface area contributed by atoms with E-state index in [1.807, 2.05) is 36.4 Å². The van der Waals surface area contributed by atoms with Crippen LogP contribution in [0.3, 0.4) is 0 Å². The number of rotatable bonds is 4. The normalized spacial score (nSPS) is 17.7. The fourth-order valence-electron chi connectivity index (χ4n) is 3.58. The number of fused-ring (bicyclic) bond motifs is 1. The predicted molar refractivity (Wildman–Crippen MR) is 106 cm³/mol. The molecule has 7 heteroatoms. The van der Waals surface area contributed by atoms with Crippen molar-refractivity contribution in [2.75, 3.05) is 11.9 Å². The Hall–Kier alpha value is -2.77. The van der Waals surface area contributed by atoms with Crippen molar-refractivity contribution in [1.29, 1.82) is 0 Å². The zero-order valence-electron chi connectivity index (χ0n) is 15.0. The Labute approximate surface area is 162 Å². The molecule has 3 aromatic carbocycles. The topological polar surface area (TPSA) is 66.5 Å². The van der Waals surface area contributed by atoms with Gasteiger partial charge in [0.2, 0.25) is 15.9 Å². The summed E-state index contributed by atoms with van der Waals surface area (Å²) in [6, 6.07) is 17.1. The van der Waals surface area contributed by atoms with Crippen molar-refractivity contribution in [2.24, 2.45) is 0 Å². The number of anilines is 1. The van der Waals surface area contributed by atoms with Gasteiger partial charge in [0.05, 0.1) is 4.90 Å². The Morgan fingerprint density at radius 3 is 2.50 bits per heavy atom. The summed E-state index contributed by atoms with van der Waals surface area (Å²) >= 11 is 0. The summed E-state index contributed by atoms with van der Waals surface area (Å²) in [6.45, 7) is 0.257. The summed E-state index contributed by atoms with van der Waals surface area (Å²) in [4.78, 5) is 12.9. The minimum atomic E-state index is -3.88. The highest BCUT2D eigenvalue weighted by molar-refractivity contribution is 7.89. The van der Waals surface area contributed by atoms with Crippen molar-refractivity contribution in [3.05, 3.63) is 72.5 Å². The molecule has 144 valence electrons. The van der Waals surface area contributed by atoms with Crippen LogP contribution in [-0.4, -0.2) is 31.2 Å². The van der Waals surface area contributed by atoms with Crippen LogP contribution in [0.25, 0.3) is 10.8 Å². The molecule has 1 saturated heterocycles. The van der Waals surface area contributed by atoms with E-state index in [0.29, 0.717) is 18.5 Å². The molecule has 0 aliphatic carbocycles. The van der Waals surface area contributed by atoms with E-state index in [-0.39, 0.29) is 17.3 Å². The lowest BCUT2D eigenvalue weighted by atomic mass is 10.1. The number of benzene rings is 3. The fourth-order valence-corrected chi connectivity index (χ4v) is 5.24. The predicted octanol–water partition coefficient (Wildman–Crippen LogP) is 3.77. The minimum absolute atomic E-state index is 0.0150. The third-order valence-electron chi connectivity index (χ3n) is 4.97. The van der Waals surface area contributed by atoms with Crippen molar-refractivity contribution in [3.63, 3.8) is 0 Å². The van der Waals surface area contributed by atoms with Gasteiger partial charge in [-0.3, -0.25) is 4.79 Å². The number of sulfonamides is 1. The van der Waals surface area contributed by atoms with E-state index >= 15 is 0 Å². The van der Waals surface area contributed by atoms with E-state index < -0.39 is 21.9 Å². The maximum atomic E-state index is 13.2. The number of hydrogen-bond donors (Lipinski definition) is 1. The number of hydrogen-bond acceptors (Lipinski definition) is 3. The highest BCUT2D eigenvalue weighted by Gasteiger charge is 2.39. The lowest BCUT2D eigenvalue weighted by Gasteiger charge is -2.23. The van der Waals surface area contributed by atoms with E-state index in [0.717, 1.165) is 22.9 Å². The summed E-state index contributed by atoms with van der Waals surface area (Å²) in [5.41, 5.74) is 0.647. The molecule has 0 radical (unpaired) electrons. The molecule has 1 amide bonds. The Morgan fingerprint density at radius 2 is 1.71 bits per heavy atom. The van der Waals surface area contributed by atoms with Gasteiger partial charge in [0, 0.05) is 17.6 Å². The van der Waals surface area contributed by atoms with Gasteiger partial charge in [0.15, 0.2) is 0 Å². The first-order valence-corrected chi connectivity index (χ1v) is 10.5. The maximum Gasteiger partial charge on any atom is 0.243 e. The molecule has 1 heterocycles. The van der Waals surface area contributed by atoms with Crippen LogP contribution >= 0.6 is 0 Å². The van der Waals surface area contributed by atoms with Gasteiger partial charge in [-0.15, -0.1) is 0 Å². The lowest BCUT2D eigenvalue weighted by molar-refractivity contribution is -0.119. The van der Waals surface area contributed by atoms with E-state index in [1.54, 1.807) is 6.07 Å². The van der Waals surface area contributed by atoms with Gasteiger partial charge in [-0.05, 0) is 48.6 Å². The Balaban J connectivity index is 1.61. The molecule has 5 nitrogen and oxygen atoms in total. The molecule has 1 aliphatic heterocycles. The summed E-state index contributed by atoms with van der Waals surface area (Å²) in [5.74, 6) is -0.870. The van der Waals surface area contributed by atoms with Crippen molar-refractivity contribution in [3.8, 4) is 0 Å². The van der Waals surface area contributed by atoms with Crippen LogP contribution in [0.5, 0.6) is 0 Å². The zero-order valence-corrected chi connectivity index (χ0v) is 15.8. The van der Waals surface area contributed by atoms with Gasteiger partial charge < -0.3 is 5.32 Å². The quantitative estimate of drug-likeness (QED) is 0.728. The number of halogens is 1. The second-order valence-corrected chi connectivity index (χ2v) is 8.63. The molecule has 1 unspecified atom stereocenters. The van der Waals surface area contributed by atoms with Crippen molar-refractivity contribution < 1.29 is 17.6 Å². The monoisotopic (exact) mass is 398 g/mol. The molecule has 1 atom stereocenters. The molecule has 0 saturated carbocycles. The lowest BCUT2D eigenvalue weighted by Crippen LogP contribution is -2.43. The van der Waals surface area contributed by atoms with Crippen LogP contribution in [0, 0.1) is 5.82 Å². The van der Waals surface area contributed by atoms with Gasteiger partial charge >= 0.3 is 0 Å². The average Bonchev–Trinajstić information content (AvgIpc) is 3.20. The zero-order chi connectivity index (χ0) is 19.7. The first-order valence-electron chi connectivity index (χ1n) is 9.03. The van der Waals surface area contributed by atoms with Gasteiger partial charge in [-0.2, -0.15) is 4.31 Å². The van der Waals surface area contributed by atoms with Crippen molar-refractivity contribution in [1.82, 2.24) is 4.31 Å². The molecule has 3 aromatic rings. The second-order valence-electron chi connectivity index (χ2n) is 6.74. The molecule has 0 spiro atoms. The number of carbonyl (C=O) groups is 1. The van der Waals surface area contributed by atoms with Crippen LogP contribution in [0.4, 0.5) is 10.1 Å². The van der Waals surface area contributed by atoms with E-state index in [1.165, 1.54) is 16.4 Å². The van der Waals surface area contributed by atoms with Crippen LogP contribution < -0.4 is 5.32 Å². The Kier molecular flexibility index (Phi) is 4.87. The molecule has 1 fully saturated rings. The van der Waals surface area contributed by atoms with Crippen LogP contribution in [0.15, 0.2) is 71.6 Å². The molecule has 1 N–H and O–H groups in total. The third-order valence-corrected chi connectivity index (χ3v) is 6.90. The fraction of sp³-hybridized carbons (Fsp3) is 0.190. The van der Waals surface area contributed by atoms with Crippen molar-refractivity contribution in [2.45, 2.75) is 23.8 Å². The molecule has 0 aromatic heterocycles. The Bertz CT molecular complexity index is 1120. The molecular formula is C21H19FN2O3S. The first kappa shape index (κ1) is 18.6. The van der Waals surface area contributed by atoms with Gasteiger partial charge in [-0.1, -0.05) is 36.4 Å². The standard InChI is InChI=1S/C21H19FN2O3S/c22-16-10-12-17(13-11-16)28(26,27)24-14-4-9-20(24)21(25)23-19-8-3-6-15-5-1-2-7-18(15)19/h1-3,5-8,10-13,20H,4,9,14H2,(H,23,25). The van der Waals surface area contributed by atoms with Gasteiger partial charge in [0.25, 0.3) is 0 Å². The summed E-state index contributed by atoms with van der Waals surface area (Å²) in [5, 5.41) is 4.77. The number of nitrogens with one attached hydrogen (secondary N) is 1. The Morgan fingerprint density at radius 1 is 1.00 bits per heavy atom. The van der Waals surface area contributed by atoms with Gasteiger partial charge in [-0.25, -0.2) is 12.8 Å². The summed E-state index contributed by atoms with van der Waals surface area (Å²) < 4.78 is 40.3. The molecular weight excluding hydrogens is 379 g/mol. The van der Waals surface area contributed by atoms with Crippen molar-refractivity contribution >= 4 is 32.4 Å². The van der Waals surface area contributed by atoms with E-state index in [4.69, 9.17) is 0 Å². The highest BCUT2D eigenvalue weighted by atomic mass is 32.2. The van der Waals surface area contributed by atoms with Crippen LogP contribution in [-0.2, 0) is 14.8 Å². The largest absolute Gasteiger partial charge is 0.324 e. The first-order chi connectivity index (χ1) is 13.5. The SMILES string of the molecule is O=C(Nc1cccc2ccccc12)C1CCCN1S(=O)(=O)c1ccc(F)cc1. The average molecular weight is 398 g/mol. The molecule has 0 bridgehead atoms. The number of amides is 1. The highest BCUT2D eigenvalue weighted by Crippen LogP contribution is 2.29. The van der Waals surface area contributed by atoms with Crippen LogP contribution in [0.2, 0.25) is 0 Å². The number of carbonyl (C=O) groups excluding carboxylic acids is 1. The number of nitrogens with zero attached hydrogens (tertiary/aromatic N) is 1. The van der Waals surface area contributed by atoms with E-state index in [9.17, 15) is 17.6 Å². The second kappa shape index (κ2) is 7.33.